The smallest absolute Gasteiger partial charge is 0.313 e. The van der Waals surface area contributed by atoms with Gasteiger partial charge in [-0.1, -0.05) is 26.0 Å². The van der Waals surface area contributed by atoms with Gasteiger partial charge in [0.1, 0.15) is 11.5 Å². The van der Waals surface area contributed by atoms with Gasteiger partial charge >= 0.3 is 5.97 Å². The summed E-state index contributed by atoms with van der Waals surface area (Å²) in [7, 11) is 1.55. The molecule has 0 aromatic heterocycles. The first-order chi connectivity index (χ1) is 13.4. The number of ether oxygens (including phenoxy) is 4. The number of hydrogen-bond donors (Lipinski definition) is 0. The number of hydrogen-bond acceptors (Lipinski definition) is 6. The van der Waals surface area contributed by atoms with Crippen molar-refractivity contribution in [1.82, 2.24) is 0 Å². The normalized spacial score (nSPS) is 14.0. The van der Waals surface area contributed by atoms with Crippen LogP contribution in [0.25, 0.3) is 6.08 Å². The number of methoxy groups -OCH3 is 1. The second-order valence-electron chi connectivity index (χ2n) is 6.49. The fraction of sp³-hybridized carbons (Fsp3) is 0.273. The van der Waals surface area contributed by atoms with Gasteiger partial charge in [0.05, 0.1) is 25.2 Å². The molecule has 0 fully saturated rings. The van der Waals surface area contributed by atoms with Crippen LogP contribution in [0.3, 0.4) is 0 Å². The number of ketones is 1. The summed E-state index contributed by atoms with van der Waals surface area (Å²) in [6, 6.07) is 10.2. The van der Waals surface area contributed by atoms with Gasteiger partial charge in [-0.2, -0.15) is 0 Å². The van der Waals surface area contributed by atoms with E-state index in [9.17, 15) is 9.59 Å². The Morgan fingerprint density at radius 3 is 2.68 bits per heavy atom. The van der Waals surface area contributed by atoms with Crippen molar-refractivity contribution in [3.63, 3.8) is 0 Å². The molecule has 0 atom stereocenters. The van der Waals surface area contributed by atoms with Crippen molar-refractivity contribution < 1.29 is 28.5 Å². The number of allylic oxidation sites excluding steroid dienone is 1. The van der Waals surface area contributed by atoms with Crippen LogP contribution >= 0.6 is 0 Å². The predicted molar refractivity (Wildman–Crippen MR) is 104 cm³/mol. The summed E-state index contributed by atoms with van der Waals surface area (Å²) in [4.78, 5) is 24.8. The zero-order chi connectivity index (χ0) is 20.3. The first-order valence-corrected chi connectivity index (χ1v) is 9.04. The van der Waals surface area contributed by atoms with Crippen molar-refractivity contribution in [2.45, 2.75) is 20.8 Å². The van der Waals surface area contributed by atoms with E-state index in [0.29, 0.717) is 35.0 Å². The summed E-state index contributed by atoms with van der Waals surface area (Å²) in [5.74, 6) is 0.903. The van der Waals surface area contributed by atoms with E-state index in [1.165, 1.54) is 0 Å². The van der Waals surface area contributed by atoms with E-state index in [1.807, 2.05) is 6.92 Å². The maximum absolute atomic E-state index is 12.7. The minimum absolute atomic E-state index is 0.138. The standard InChI is InChI=1S/C22H22O6/c1-5-26-17-8-6-7-14(21(17)28-22(24)13(2)3)11-19-20(23)16-10-9-15(25-4)12-18(16)27-19/h6-13H,5H2,1-4H3/b19-11-. The Balaban J connectivity index is 2.00. The van der Waals surface area contributed by atoms with Gasteiger partial charge in [-0.25, -0.2) is 0 Å². The zero-order valence-electron chi connectivity index (χ0n) is 16.3. The molecular weight excluding hydrogens is 360 g/mol. The molecule has 3 rings (SSSR count). The van der Waals surface area contributed by atoms with Crippen molar-refractivity contribution in [2.75, 3.05) is 13.7 Å². The number of benzene rings is 2. The Bertz CT molecular complexity index is 942. The summed E-state index contributed by atoms with van der Waals surface area (Å²) in [6.07, 6.45) is 1.56. The van der Waals surface area contributed by atoms with Gasteiger partial charge in [-0.15, -0.1) is 0 Å². The van der Waals surface area contributed by atoms with Crippen molar-refractivity contribution in [3.05, 3.63) is 53.3 Å². The Morgan fingerprint density at radius 1 is 1.21 bits per heavy atom. The Hall–Kier alpha value is -3.28. The molecule has 1 aliphatic rings. The van der Waals surface area contributed by atoms with Crippen LogP contribution in [0.15, 0.2) is 42.2 Å². The maximum atomic E-state index is 12.7. The molecule has 1 heterocycles. The molecule has 0 aliphatic carbocycles. The SMILES string of the molecule is CCOc1cccc(/C=C2\Oc3cc(OC)ccc3C2=O)c1OC(=O)C(C)C. The first-order valence-electron chi connectivity index (χ1n) is 9.04. The molecule has 0 N–H and O–H groups in total. The number of carbonyl (C=O) groups excluding carboxylic acids is 2. The van der Waals surface area contributed by atoms with Crippen molar-refractivity contribution in [3.8, 4) is 23.0 Å². The summed E-state index contributed by atoms with van der Waals surface area (Å²) in [5.41, 5.74) is 0.969. The molecule has 0 unspecified atom stereocenters. The van der Waals surface area contributed by atoms with E-state index in [2.05, 4.69) is 0 Å². The number of Topliss-reactive ketones (excluding diaryl/α,β-unsaturated/α-hetero) is 1. The van der Waals surface area contributed by atoms with Crippen LogP contribution < -0.4 is 18.9 Å². The highest BCUT2D eigenvalue weighted by Gasteiger charge is 2.28. The van der Waals surface area contributed by atoms with E-state index in [1.54, 1.807) is 63.4 Å². The second-order valence-corrected chi connectivity index (χ2v) is 6.49. The van der Waals surface area contributed by atoms with Crippen LogP contribution in [0.5, 0.6) is 23.0 Å². The second kappa shape index (κ2) is 8.17. The third-order valence-electron chi connectivity index (χ3n) is 4.15. The minimum atomic E-state index is -0.390. The highest BCUT2D eigenvalue weighted by atomic mass is 16.6. The van der Waals surface area contributed by atoms with E-state index >= 15 is 0 Å². The van der Waals surface area contributed by atoms with Gasteiger partial charge in [-0.3, -0.25) is 9.59 Å². The van der Waals surface area contributed by atoms with Gasteiger partial charge in [0.2, 0.25) is 5.78 Å². The topological polar surface area (TPSA) is 71.1 Å². The molecule has 0 saturated heterocycles. The number of esters is 1. The average Bonchev–Trinajstić information content (AvgIpc) is 2.99. The number of carbonyl (C=O) groups is 2. The van der Waals surface area contributed by atoms with Gasteiger partial charge < -0.3 is 18.9 Å². The molecule has 0 saturated carbocycles. The van der Waals surface area contributed by atoms with Gasteiger partial charge in [0, 0.05) is 11.6 Å². The monoisotopic (exact) mass is 382 g/mol. The molecule has 0 bridgehead atoms. The zero-order valence-corrected chi connectivity index (χ0v) is 16.3. The highest BCUT2D eigenvalue weighted by molar-refractivity contribution is 6.14. The van der Waals surface area contributed by atoms with E-state index in [-0.39, 0.29) is 23.2 Å². The number of rotatable bonds is 6. The maximum Gasteiger partial charge on any atom is 0.313 e. The summed E-state index contributed by atoms with van der Waals surface area (Å²) in [6.45, 7) is 5.74. The van der Waals surface area contributed by atoms with Crippen LogP contribution in [-0.4, -0.2) is 25.5 Å². The molecule has 1 aliphatic heterocycles. The fourth-order valence-electron chi connectivity index (χ4n) is 2.68. The largest absolute Gasteiger partial charge is 0.497 e. The summed E-state index contributed by atoms with van der Waals surface area (Å²) in [5, 5.41) is 0. The summed E-state index contributed by atoms with van der Waals surface area (Å²) >= 11 is 0. The molecular formula is C22H22O6. The molecule has 146 valence electrons. The Kier molecular flexibility index (Phi) is 5.68. The van der Waals surface area contributed by atoms with Crippen LogP contribution in [0.2, 0.25) is 0 Å². The van der Waals surface area contributed by atoms with Crippen LogP contribution in [0.1, 0.15) is 36.7 Å². The minimum Gasteiger partial charge on any atom is -0.497 e. The quantitative estimate of drug-likeness (QED) is 0.422. The lowest BCUT2D eigenvalue weighted by Gasteiger charge is -2.14. The van der Waals surface area contributed by atoms with E-state index in [4.69, 9.17) is 18.9 Å². The lowest BCUT2D eigenvalue weighted by atomic mass is 10.1. The Labute approximate surface area is 163 Å². The van der Waals surface area contributed by atoms with Gasteiger partial charge in [-0.05, 0) is 31.2 Å². The third kappa shape index (κ3) is 3.86. The highest BCUT2D eigenvalue weighted by Crippen LogP contribution is 2.38. The average molecular weight is 382 g/mol. The van der Waals surface area contributed by atoms with Crippen LogP contribution in [0.4, 0.5) is 0 Å². The van der Waals surface area contributed by atoms with Crippen molar-refractivity contribution >= 4 is 17.8 Å². The van der Waals surface area contributed by atoms with Crippen molar-refractivity contribution in [2.24, 2.45) is 5.92 Å². The predicted octanol–water partition coefficient (Wildman–Crippen LogP) is 4.27. The molecule has 0 amide bonds. The third-order valence-corrected chi connectivity index (χ3v) is 4.15. The van der Waals surface area contributed by atoms with E-state index in [0.717, 1.165) is 0 Å². The molecule has 6 nitrogen and oxygen atoms in total. The van der Waals surface area contributed by atoms with Gasteiger partial charge in [0.15, 0.2) is 17.3 Å². The number of para-hydroxylation sites is 1. The lowest BCUT2D eigenvalue weighted by Crippen LogP contribution is -2.16. The molecule has 0 radical (unpaired) electrons. The molecule has 2 aromatic carbocycles. The Morgan fingerprint density at radius 2 is 2.00 bits per heavy atom. The van der Waals surface area contributed by atoms with Gasteiger partial charge in [0.25, 0.3) is 0 Å². The van der Waals surface area contributed by atoms with Crippen LogP contribution in [0, 0.1) is 5.92 Å². The number of fused-ring (bicyclic) bond motifs is 1. The molecule has 28 heavy (non-hydrogen) atoms. The lowest BCUT2D eigenvalue weighted by molar-refractivity contribution is -0.137. The fourth-order valence-corrected chi connectivity index (χ4v) is 2.68. The molecule has 6 heteroatoms. The van der Waals surface area contributed by atoms with E-state index < -0.39 is 5.97 Å². The van der Waals surface area contributed by atoms with Crippen LogP contribution in [-0.2, 0) is 4.79 Å². The molecule has 2 aromatic rings. The molecule has 0 spiro atoms. The van der Waals surface area contributed by atoms with Crippen molar-refractivity contribution in [1.29, 1.82) is 0 Å². The summed E-state index contributed by atoms with van der Waals surface area (Å²) < 4.78 is 22.0. The first kappa shape index (κ1) is 19.5.